The van der Waals surface area contributed by atoms with Gasteiger partial charge in [-0.05, 0) is 32.4 Å². The molecule has 2 rings (SSSR count). The standard InChI is InChI=1S/C17H17NO/c1-17(2)13-12-15-10-7-6-9-14(15)8-4-3-5-11-16(19)18-17/h6-7,9-10H,3,5,11H2,1-2H3,(H,18,19). The zero-order valence-corrected chi connectivity index (χ0v) is 11.3. The Labute approximate surface area is 114 Å². The van der Waals surface area contributed by atoms with Crippen LogP contribution in [0.3, 0.4) is 0 Å². The number of carbonyl (C=O) groups excluding carboxylic acids is 1. The van der Waals surface area contributed by atoms with Gasteiger partial charge < -0.3 is 5.32 Å². The van der Waals surface area contributed by atoms with Gasteiger partial charge in [-0.3, -0.25) is 4.79 Å². The summed E-state index contributed by atoms with van der Waals surface area (Å²) in [6.07, 6.45) is 2.02. The summed E-state index contributed by atoms with van der Waals surface area (Å²) in [7, 11) is 0. The van der Waals surface area contributed by atoms with Crippen molar-refractivity contribution in [2.45, 2.75) is 38.6 Å². The maximum Gasteiger partial charge on any atom is 0.221 e. The fraction of sp³-hybridized carbons (Fsp3) is 0.353. The van der Waals surface area contributed by atoms with Crippen LogP contribution in [-0.4, -0.2) is 11.4 Å². The molecule has 96 valence electrons. The molecule has 0 atom stereocenters. The smallest absolute Gasteiger partial charge is 0.221 e. The van der Waals surface area contributed by atoms with Crippen LogP contribution in [-0.2, 0) is 4.79 Å². The molecule has 0 aromatic heterocycles. The molecule has 2 heteroatoms. The molecule has 0 bridgehead atoms. The van der Waals surface area contributed by atoms with E-state index in [0.717, 1.165) is 24.0 Å². The average molecular weight is 251 g/mol. The summed E-state index contributed by atoms with van der Waals surface area (Å²) in [4.78, 5) is 11.7. The monoisotopic (exact) mass is 251 g/mol. The molecule has 0 unspecified atom stereocenters. The van der Waals surface area contributed by atoms with Crippen LogP contribution in [0.5, 0.6) is 0 Å². The van der Waals surface area contributed by atoms with Crippen molar-refractivity contribution in [3.63, 3.8) is 0 Å². The molecule has 1 aliphatic heterocycles. The zero-order chi connectivity index (χ0) is 13.7. The molecule has 19 heavy (non-hydrogen) atoms. The van der Waals surface area contributed by atoms with Gasteiger partial charge >= 0.3 is 0 Å². The van der Waals surface area contributed by atoms with E-state index in [-0.39, 0.29) is 5.91 Å². The molecular weight excluding hydrogens is 234 g/mol. The van der Waals surface area contributed by atoms with Crippen LogP contribution < -0.4 is 5.32 Å². The van der Waals surface area contributed by atoms with E-state index in [4.69, 9.17) is 0 Å². The number of hydrogen-bond acceptors (Lipinski definition) is 1. The lowest BCUT2D eigenvalue weighted by Crippen LogP contribution is -2.42. The number of hydrogen-bond donors (Lipinski definition) is 1. The van der Waals surface area contributed by atoms with Gasteiger partial charge in [0.25, 0.3) is 0 Å². The van der Waals surface area contributed by atoms with Crippen molar-refractivity contribution in [3.05, 3.63) is 35.4 Å². The summed E-state index contributed by atoms with van der Waals surface area (Å²) < 4.78 is 0. The van der Waals surface area contributed by atoms with Crippen LogP contribution in [0.25, 0.3) is 0 Å². The Morgan fingerprint density at radius 3 is 2.58 bits per heavy atom. The van der Waals surface area contributed by atoms with Crippen LogP contribution in [0.2, 0.25) is 0 Å². The largest absolute Gasteiger partial charge is 0.340 e. The van der Waals surface area contributed by atoms with Gasteiger partial charge in [0.05, 0.1) is 5.54 Å². The van der Waals surface area contributed by atoms with Crippen LogP contribution in [0, 0.1) is 23.7 Å². The van der Waals surface area contributed by atoms with E-state index in [1.54, 1.807) is 0 Å². The van der Waals surface area contributed by atoms with Crippen LogP contribution in [0.1, 0.15) is 44.2 Å². The average Bonchev–Trinajstić information content (AvgIpc) is 2.35. The molecule has 1 amide bonds. The molecule has 0 saturated heterocycles. The molecule has 0 saturated carbocycles. The molecule has 1 aliphatic rings. The van der Waals surface area contributed by atoms with E-state index in [0.29, 0.717) is 6.42 Å². The molecular formula is C17H17NO. The lowest BCUT2D eigenvalue weighted by atomic mass is 10.0. The molecule has 1 aromatic carbocycles. The number of benzene rings is 1. The SMILES string of the molecule is CC1(C)C#Cc2ccccc2C#CCCCC(=O)N1. The highest BCUT2D eigenvalue weighted by Crippen LogP contribution is 2.09. The van der Waals surface area contributed by atoms with E-state index in [1.807, 2.05) is 38.1 Å². The topological polar surface area (TPSA) is 29.1 Å². The summed E-state index contributed by atoms with van der Waals surface area (Å²) in [6.45, 7) is 3.83. The van der Waals surface area contributed by atoms with Crippen molar-refractivity contribution < 1.29 is 4.79 Å². The van der Waals surface area contributed by atoms with Gasteiger partial charge in [-0.2, -0.15) is 0 Å². The zero-order valence-electron chi connectivity index (χ0n) is 11.3. The third kappa shape index (κ3) is 3.90. The van der Waals surface area contributed by atoms with E-state index in [2.05, 4.69) is 29.0 Å². The van der Waals surface area contributed by atoms with Gasteiger partial charge in [0.15, 0.2) is 0 Å². The van der Waals surface area contributed by atoms with E-state index < -0.39 is 5.54 Å². The van der Waals surface area contributed by atoms with Crippen molar-refractivity contribution in [3.8, 4) is 23.7 Å². The molecule has 0 fully saturated rings. The number of rotatable bonds is 0. The maximum atomic E-state index is 11.7. The Bertz CT molecular complexity index is 605. The van der Waals surface area contributed by atoms with Gasteiger partial charge in [-0.15, -0.1) is 0 Å². The van der Waals surface area contributed by atoms with E-state index in [9.17, 15) is 4.79 Å². The second-order valence-corrected chi connectivity index (χ2v) is 5.12. The first-order chi connectivity index (χ1) is 9.07. The third-order valence-corrected chi connectivity index (χ3v) is 2.82. The highest BCUT2D eigenvalue weighted by atomic mass is 16.1. The minimum absolute atomic E-state index is 0.0370. The van der Waals surface area contributed by atoms with Crippen LogP contribution in [0.15, 0.2) is 24.3 Å². The summed E-state index contributed by atoms with van der Waals surface area (Å²) in [5, 5.41) is 2.94. The fourth-order valence-corrected chi connectivity index (χ4v) is 1.86. The molecule has 1 heterocycles. The third-order valence-electron chi connectivity index (χ3n) is 2.82. The Morgan fingerprint density at radius 2 is 1.84 bits per heavy atom. The van der Waals surface area contributed by atoms with Crippen molar-refractivity contribution in [2.75, 3.05) is 0 Å². The summed E-state index contributed by atoms with van der Waals surface area (Å²) in [5.41, 5.74) is 1.35. The first kappa shape index (κ1) is 13.2. The van der Waals surface area contributed by atoms with Gasteiger partial charge in [0.1, 0.15) is 0 Å². The van der Waals surface area contributed by atoms with Gasteiger partial charge in [0.2, 0.25) is 5.91 Å². The summed E-state index contributed by atoms with van der Waals surface area (Å²) in [6, 6.07) is 7.86. The highest BCUT2D eigenvalue weighted by molar-refractivity contribution is 5.77. The first-order valence-electron chi connectivity index (χ1n) is 6.49. The fourth-order valence-electron chi connectivity index (χ4n) is 1.86. The number of carbonyl (C=O) groups is 1. The number of amides is 1. The number of nitrogens with one attached hydrogen (secondary N) is 1. The van der Waals surface area contributed by atoms with Crippen molar-refractivity contribution in [1.82, 2.24) is 5.32 Å². The Kier molecular flexibility index (Phi) is 3.93. The van der Waals surface area contributed by atoms with Crippen molar-refractivity contribution in [1.29, 1.82) is 0 Å². The molecule has 1 aromatic rings. The second kappa shape index (κ2) is 5.63. The predicted octanol–water partition coefficient (Wildman–Crippen LogP) is 2.47. The van der Waals surface area contributed by atoms with Gasteiger partial charge in [0, 0.05) is 24.0 Å². The van der Waals surface area contributed by atoms with Crippen molar-refractivity contribution >= 4 is 5.91 Å². The summed E-state index contributed by atoms with van der Waals surface area (Å²) >= 11 is 0. The molecule has 1 N–H and O–H groups in total. The van der Waals surface area contributed by atoms with Crippen molar-refractivity contribution in [2.24, 2.45) is 0 Å². The van der Waals surface area contributed by atoms with Gasteiger partial charge in [-0.1, -0.05) is 35.8 Å². The normalized spacial score (nSPS) is 17.3. The number of fused-ring (bicyclic) bond motifs is 1. The minimum Gasteiger partial charge on any atom is -0.340 e. The predicted molar refractivity (Wildman–Crippen MR) is 76.3 cm³/mol. The quantitative estimate of drug-likeness (QED) is 0.705. The van der Waals surface area contributed by atoms with Crippen LogP contribution >= 0.6 is 0 Å². The highest BCUT2D eigenvalue weighted by Gasteiger charge is 2.17. The van der Waals surface area contributed by atoms with E-state index in [1.165, 1.54) is 0 Å². The maximum absolute atomic E-state index is 11.7. The van der Waals surface area contributed by atoms with E-state index >= 15 is 0 Å². The Hall–Kier alpha value is -2.19. The lowest BCUT2D eigenvalue weighted by molar-refractivity contribution is -0.122. The molecule has 0 radical (unpaired) electrons. The van der Waals surface area contributed by atoms with Crippen LogP contribution in [0.4, 0.5) is 0 Å². The molecule has 0 spiro atoms. The minimum atomic E-state index is -0.517. The Balaban J connectivity index is 2.41. The van der Waals surface area contributed by atoms with Gasteiger partial charge in [-0.25, -0.2) is 0 Å². The Morgan fingerprint density at radius 1 is 1.16 bits per heavy atom. The molecule has 0 aliphatic carbocycles. The summed E-state index contributed by atoms with van der Waals surface area (Å²) in [5.74, 6) is 12.5. The first-order valence-corrected chi connectivity index (χ1v) is 6.49. The molecule has 2 nitrogen and oxygen atoms in total. The lowest BCUT2D eigenvalue weighted by Gasteiger charge is -2.19. The second-order valence-electron chi connectivity index (χ2n) is 5.12.